The van der Waals surface area contributed by atoms with E-state index < -0.39 is 0 Å². The Morgan fingerprint density at radius 3 is 2.79 bits per heavy atom. The van der Waals surface area contributed by atoms with Gasteiger partial charge in [0.1, 0.15) is 0 Å². The average Bonchev–Trinajstić information content (AvgIpc) is 2.15. The fourth-order valence-corrected chi connectivity index (χ4v) is 2.15. The van der Waals surface area contributed by atoms with E-state index in [1.807, 2.05) is 24.3 Å². The topological polar surface area (TPSA) is 9.23 Å². The maximum absolute atomic E-state index is 5.46. The summed E-state index contributed by atoms with van der Waals surface area (Å²) in [6, 6.07) is 6.07. The highest BCUT2D eigenvalue weighted by atomic mass is 79.9. The summed E-state index contributed by atoms with van der Waals surface area (Å²) in [5, 5.41) is 0. The van der Waals surface area contributed by atoms with Crippen LogP contribution >= 0.6 is 31.9 Å². The summed E-state index contributed by atoms with van der Waals surface area (Å²) in [6.07, 6.45) is 2.75. The molecule has 0 radical (unpaired) electrons. The van der Waals surface area contributed by atoms with Gasteiger partial charge in [-0.2, -0.15) is 0 Å². The van der Waals surface area contributed by atoms with Gasteiger partial charge in [-0.15, -0.1) is 6.58 Å². The predicted octanol–water partition coefficient (Wildman–Crippen LogP) is 4.30. The molecule has 0 fully saturated rings. The van der Waals surface area contributed by atoms with Gasteiger partial charge in [0.2, 0.25) is 0 Å². The molecule has 0 aliphatic carbocycles. The summed E-state index contributed by atoms with van der Waals surface area (Å²) in [4.78, 5) is 0. The summed E-state index contributed by atoms with van der Waals surface area (Å²) in [6.45, 7) is 5.01. The highest BCUT2D eigenvalue weighted by Crippen LogP contribution is 2.22. The van der Waals surface area contributed by atoms with Crippen molar-refractivity contribution in [3.05, 3.63) is 45.4 Å². The number of ether oxygens (including phenoxy) is 1. The lowest BCUT2D eigenvalue weighted by molar-refractivity contribution is 0.125. The maximum Gasteiger partial charge on any atom is 0.0727 e. The zero-order chi connectivity index (χ0) is 10.4. The van der Waals surface area contributed by atoms with Gasteiger partial charge in [0.05, 0.1) is 13.2 Å². The Labute approximate surface area is 101 Å². The number of benzene rings is 1. The highest BCUT2D eigenvalue weighted by Gasteiger charge is 1.99. The van der Waals surface area contributed by atoms with Crippen molar-refractivity contribution in [1.82, 2.24) is 0 Å². The van der Waals surface area contributed by atoms with Crippen molar-refractivity contribution in [2.75, 3.05) is 6.61 Å². The monoisotopic (exact) mass is 318 g/mol. The van der Waals surface area contributed by atoms with Gasteiger partial charge >= 0.3 is 0 Å². The molecule has 1 aromatic rings. The molecule has 0 saturated carbocycles. The Morgan fingerprint density at radius 2 is 2.14 bits per heavy atom. The maximum atomic E-state index is 5.46. The van der Waals surface area contributed by atoms with Crippen molar-refractivity contribution in [1.29, 1.82) is 0 Å². The molecule has 0 saturated heterocycles. The minimum Gasteiger partial charge on any atom is -0.376 e. The van der Waals surface area contributed by atoms with E-state index in [2.05, 4.69) is 38.4 Å². The fraction of sp³-hybridized carbons (Fsp3) is 0.273. The Morgan fingerprint density at radius 1 is 1.36 bits per heavy atom. The van der Waals surface area contributed by atoms with E-state index in [1.165, 1.54) is 0 Å². The third kappa shape index (κ3) is 3.95. The Balaban J connectivity index is 2.46. The van der Waals surface area contributed by atoms with Gasteiger partial charge in [0.15, 0.2) is 0 Å². The van der Waals surface area contributed by atoms with Crippen LogP contribution in [0.2, 0.25) is 0 Å². The van der Waals surface area contributed by atoms with Crippen LogP contribution in [0.3, 0.4) is 0 Å². The van der Waals surface area contributed by atoms with Gasteiger partial charge in [-0.1, -0.05) is 44.0 Å². The van der Waals surface area contributed by atoms with Crippen molar-refractivity contribution in [3.63, 3.8) is 0 Å². The average molecular weight is 320 g/mol. The molecule has 0 atom stereocenters. The van der Waals surface area contributed by atoms with Gasteiger partial charge in [-0.25, -0.2) is 0 Å². The molecular formula is C11H12Br2O. The van der Waals surface area contributed by atoms with Gasteiger partial charge in [-0.05, 0) is 24.1 Å². The van der Waals surface area contributed by atoms with Crippen LogP contribution in [0.5, 0.6) is 0 Å². The first kappa shape index (κ1) is 12.0. The number of halogens is 2. The van der Waals surface area contributed by atoms with Gasteiger partial charge in [0, 0.05) is 8.95 Å². The fourth-order valence-electron chi connectivity index (χ4n) is 0.988. The third-order valence-corrected chi connectivity index (χ3v) is 2.97. The molecule has 1 rings (SSSR count). The molecule has 14 heavy (non-hydrogen) atoms. The second kappa shape index (κ2) is 6.38. The molecule has 0 aromatic heterocycles. The van der Waals surface area contributed by atoms with E-state index in [0.717, 1.165) is 27.5 Å². The van der Waals surface area contributed by atoms with Crippen LogP contribution in [0, 0.1) is 0 Å². The van der Waals surface area contributed by atoms with Gasteiger partial charge in [-0.3, -0.25) is 0 Å². The Hall–Kier alpha value is -0.120. The first-order valence-electron chi connectivity index (χ1n) is 4.36. The summed E-state index contributed by atoms with van der Waals surface area (Å²) in [7, 11) is 0. The zero-order valence-electron chi connectivity index (χ0n) is 7.80. The van der Waals surface area contributed by atoms with Crippen molar-refractivity contribution in [3.8, 4) is 0 Å². The molecule has 0 heterocycles. The van der Waals surface area contributed by atoms with Crippen LogP contribution in [0.25, 0.3) is 0 Å². The van der Waals surface area contributed by atoms with Crippen molar-refractivity contribution < 1.29 is 4.74 Å². The molecule has 0 N–H and O–H groups in total. The molecule has 1 aromatic carbocycles. The van der Waals surface area contributed by atoms with E-state index in [9.17, 15) is 0 Å². The van der Waals surface area contributed by atoms with Crippen molar-refractivity contribution >= 4 is 31.9 Å². The summed E-state index contributed by atoms with van der Waals surface area (Å²) < 4.78 is 7.61. The Kier molecular flexibility index (Phi) is 5.45. The van der Waals surface area contributed by atoms with Crippen LogP contribution in [0.1, 0.15) is 12.0 Å². The number of hydrogen-bond acceptors (Lipinski definition) is 1. The molecular weight excluding hydrogens is 308 g/mol. The first-order valence-corrected chi connectivity index (χ1v) is 5.95. The van der Waals surface area contributed by atoms with E-state index in [4.69, 9.17) is 4.74 Å². The molecule has 0 bridgehead atoms. The van der Waals surface area contributed by atoms with Crippen molar-refractivity contribution in [2.24, 2.45) is 0 Å². The van der Waals surface area contributed by atoms with Gasteiger partial charge in [0.25, 0.3) is 0 Å². The van der Waals surface area contributed by atoms with Crippen LogP contribution in [0.15, 0.2) is 39.8 Å². The minimum absolute atomic E-state index is 0.641. The van der Waals surface area contributed by atoms with E-state index in [-0.39, 0.29) is 0 Å². The smallest absolute Gasteiger partial charge is 0.0727 e. The lowest BCUT2D eigenvalue weighted by Crippen LogP contribution is -1.95. The summed E-state index contributed by atoms with van der Waals surface area (Å²) in [5.74, 6) is 0. The standard InChI is InChI=1S/C11H12Br2O/c1-2-3-6-14-8-9-4-5-10(12)7-11(9)13/h2,4-5,7H,1,3,6,8H2. The molecule has 0 spiro atoms. The largest absolute Gasteiger partial charge is 0.376 e. The lowest BCUT2D eigenvalue weighted by Gasteiger charge is -2.05. The number of rotatable bonds is 5. The van der Waals surface area contributed by atoms with Gasteiger partial charge < -0.3 is 4.74 Å². The second-order valence-electron chi connectivity index (χ2n) is 2.87. The predicted molar refractivity (Wildman–Crippen MR) is 66.3 cm³/mol. The van der Waals surface area contributed by atoms with Crippen molar-refractivity contribution in [2.45, 2.75) is 13.0 Å². The van der Waals surface area contributed by atoms with E-state index in [0.29, 0.717) is 6.61 Å². The molecule has 0 unspecified atom stereocenters. The SMILES string of the molecule is C=CCCOCc1ccc(Br)cc1Br. The molecule has 0 aliphatic heterocycles. The van der Waals surface area contributed by atoms with E-state index >= 15 is 0 Å². The number of hydrogen-bond donors (Lipinski definition) is 0. The van der Waals surface area contributed by atoms with Crippen LogP contribution in [-0.4, -0.2) is 6.61 Å². The molecule has 0 amide bonds. The lowest BCUT2D eigenvalue weighted by atomic mass is 10.2. The van der Waals surface area contributed by atoms with Crippen LogP contribution < -0.4 is 0 Å². The first-order chi connectivity index (χ1) is 6.74. The molecule has 3 heteroatoms. The Bertz CT molecular complexity index is 310. The highest BCUT2D eigenvalue weighted by molar-refractivity contribution is 9.11. The normalized spacial score (nSPS) is 10.1. The van der Waals surface area contributed by atoms with Crippen LogP contribution in [0.4, 0.5) is 0 Å². The summed E-state index contributed by atoms with van der Waals surface area (Å²) in [5.41, 5.74) is 1.16. The third-order valence-electron chi connectivity index (χ3n) is 1.74. The zero-order valence-corrected chi connectivity index (χ0v) is 11.0. The molecule has 1 nitrogen and oxygen atoms in total. The van der Waals surface area contributed by atoms with Crippen LogP contribution in [-0.2, 0) is 11.3 Å². The second-order valence-corrected chi connectivity index (χ2v) is 4.64. The molecule has 0 aliphatic rings. The minimum atomic E-state index is 0.641. The van der Waals surface area contributed by atoms with E-state index in [1.54, 1.807) is 0 Å². The summed E-state index contributed by atoms with van der Waals surface area (Å²) >= 11 is 6.89. The quantitative estimate of drug-likeness (QED) is 0.580. The molecule has 76 valence electrons.